The van der Waals surface area contributed by atoms with E-state index in [9.17, 15) is 4.39 Å². The van der Waals surface area contributed by atoms with Crippen molar-refractivity contribution in [3.8, 4) is 0 Å². The molecule has 0 heterocycles. The SMILES string of the molecule is Cc1c(F)cc(Br)c(C)c1C(C)CCN. The molecule has 0 saturated heterocycles. The van der Waals surface area contributed by atoms with E-state index in [0.29, 0.717) is 12.5 Å². The Morgan fingerprint density at radius 2 is 2.00 bits per heavy atom. The van der Waals surface area contributed by atoms with Gasteiger partial charge in [-0.3, -0.25) is 0 Å². The van der Waals surface area contributed by atoms with Crippen LogP contribution < -0.4 is 5.73 Å². The van der Waals surface area contributed by atoms with Crippen molar-refractivity contribution in [2.24, 2.45) is 5.73 Å². The maximum Gasteiger partial charge on any atom is 0.127 e. The van der Waals surface area contributed by atoms with Gasteiger partial charge in [0.2, 0.25) is 0 Å². The molecule has 0 spiro atoms. The predicted molar refractivity (Wildman–Crippen MR) is 65.7 cm³/mol. The zero-order valence-corrected chi connectivity index (χ0v) is 11.0. The van der Waals surface area contributed by atoms with E-state index in [2.05, 4.69) is 22.9 Å². The van der Waals surface area contributed by atoms with Crippen LogP contribution in [-0.4, -0.2) is 6.54 Å². The van der Waals surface area contributed by atoms with Gasteiger partial charge in [0.25, 0.3) is 0 Å². The van der Waals surface area contributed by atoms with Crippen LogP contribution >= 0.6 is 15.9 Å². The first kappa shape index (κ1) is 12.7. The van der Waals surface area contributed by atoms with E-state index in [1.807, 2.05) is 13.8 Å². The molecule has 1 aromatic carbocycles. The van der Waals surface area contributed by atoms with E-state index < -0.39 is 0 Å². The fraction of sp³-hybridized carbons (Fsp3) is 0.500. The van der Waals surface area contributed by atoms with Crippen molar-refractivity contribution in [1.29, 1.82) is 0 Å². The Morgan fingerprint density at radius 1 is 1.40 bits per heavy atom. The van der Waals surface area contributed by atoms with Gasteiger partial charge in [0.15, 0.2) is 0 Å². The highest BCUT2D eigenvalue weighted by Crippen LogP contribution is 2.32. The molecule has 1 rings (SSSR count). The van der Waals surface area contributed by atoms with Gasteiger partial charge in [-0.25, -0.2) is 4.39 Å². The molecule has 2 N–H and O–H groups in total. The van der Waals surface area contributed by atoms with Crippen LogP contribution in [0.25, 0.3) is 0 Å². The average molecular weight is 274 g/mol. The summed E-state index contributed by atoms with van der Waals surface area (Å²) in [7, 11) is 0. The summed E-state index contributed by atoms with van der Waals surface area (Å²) < 4.78 is 14.4. The largest absolute Gasteiger partial charge is 0.330 e. The van der Waals surface area contributed by atoms with Gasteiger partial charge in [-0.15, -0.1) is 0 Å². The molecule has 1 atom stereocenters. The average Bonchev–Trinajstić information content (AvgIpc) is 2.16. The first-order valence-electron chi connectivity index (χ1n) is 5.14. The summed E-state index contributed by atoms with van der Waals surface area (Å²) in [6.07, 6.45) is 0.886. The van der Waals surface area contributed by atoms with Gasteiger partial charge >= 0.3 is 0 Å². The van der Waals surface area contributed by atoms with E-state index >= 15 is 0 Å². The van der Waals surface area contributed by atoms with Gasteiger partial charge in [0, 0.05) is 4.47 Å². The summed E-state index contributed by atoms with van der Waals surface area (Å²) in [6, 6.07) is 1.53. The van der Waals surface area contributed by atoms with Gasteiger partial charge in [-0.1, -0.05) is 22.9 Å². The monoisotopic (exact) mass is 273 g/mol. The van der Waals surface area contributed by atoms with E-state index in [4.69, 9.17) is 5.73 Å². The van der Waals surface area contributed by atoms with Crippen LogP contribution in [0.4, 0.5) is 4.39 Å². The second kappa shape index (κ2) is 5.08. The molecule has 0 aliphatic rings. The van der Waals surface area contributed by atoms with Gasteiger partial charge in [-0.05, 0) is 55.5 Å². The third-order valence-corrected chi connectivity index (χ3v) is 3.69. The Balaban J connectivity index is 3.26. The molecule has 0 bridgehead atoms. The van der Waals surface area contributed by atoms with E-state index in [1.165, 1.54) is 6.07 Å². The summed E-state index contributed by atoms with van der Waals surface area (Å²) in [4.78, 5) is 0. The standard InChI is InChI=1S/C12H17BrFN/c1-7(4-5-15)12-8(2)10(13)6-11(14)9(12)3/h6-7H,4-5,15H2,1-3H3. The lowest BCUT2D eigenvalue weighted by Gasteiger charge is -2.18. The minimum absolute atomic E-state index is 0.147. The summed E-state index contributed by atoms with van der Waals surface area (Å²) in [5, 5.41) is 0. The number of rotatable bonds is 3. The van der Waals surface area contributed by atoms with Crippen LogP contribution in [0.5, 0.6) is 0 Å². The van der Waals surface area contributed by atoms with Crippen molar-refractivity contribution >= 4 is 15.9 Å². The second-order valence-corrected chi connectivity index (χ2v) is 4.84. The first-order valence-corrected chi connectivity index (χ1v) is 5.93. The van der Waals surface area contributed by atoms with Crippen LogP contribution in [0.15, 0.2) is 10.5 Å². The van der Waals surface area contributed by atoms with Crippen molar-refractivity contribution in [2.75, 3.05) is 6.54 Å². The van der Waals surface area contributed by atoms with Crippen molar-refractivity contribution < 1.29 is 4.39 Å². The molecular weight excluding hydrogens is 257 g/mol. The molecule has 15 heavy (non-hydrogen) atoms. The lowest BCUT2D eigenvalue weighted by atomic mass is 9.89. The molecular formula is C12H17BrFN. The van der Waals surface area contributed by atoms with E-state index in [1.54, 1.807) is 0 Å². The van der Waals surface area contributed by atoms with Gasteiger partial charge in [0.05, 0.1) is 0 Å². The van der Waals surface area contributed by atoms with E-state index in [0.717, 1.165) is 27.6 Å². The molecule has 1 nitrogen and oxygen atoms in total. The van der Waals surface area contributed by atoms with Crippen LogP contribution in [-0.2, 0) is 0 Å². The van der Waals surface area contributed by atoms with Crippen LogP contribution in [0.3, 0.4) is 0 Å². The number of hydrogen-bond donors (Lipinski definition) is 1. The van der Waals surface area contributed by atoms with Gasteiger partial charge in [-0.2, -0.15) is 0 Å². The second-order valence-electron chi connectivity index (χ2n) is 3.98. The Kier molecular flexibility index (Phi) is 4.29. The zero-order valence-electron chi connectivity index (χ0n) is 9.40. The Morgan fingerprint density at radius 3 is 2.53 bits per heavy atom. The Labute approximate surface area is 99.0 Å². The summed E-state index contributed by atoms with van der Waals surface area (Å²) >= 11 is 3.38. The minimum atomic E-state index is -0.147. The van der Waals surface area contributed by atoms with Crippen LogP contribution in [0.1, 0.15) is 36.0 Å². The minimum Gasteiger partial charge on any atom is -0.330 e. The van der Waals surface area contributed by atoms with Gasteiger partial charge < -0.3 is 5.73 Å². The Bertz CT molecular complexity index is 337. The van der Waals surface area contributed by atoms with Crippen LogP contribution in [0, 0.1) is 19.7 Å². The number of nitrogens with two attached hydrogens (primary N) is 1. The summed E-state index contributed by atoms with van der Waals surface area (Å²) in [6.45, 7) is 6.57. The topological polar surface area (TPSA) is 26.0 Å². The molecule has 0 saturated carbocycles. The summed E-state index contributed by atoms with van der Waals surface area (Å²) in [5.41, 5.74) is 8.49. The van der Waals surface area contributed by atoms with Crippen molar-refractivity contribution in [1.82, 2.24) is 0 Å². The molecule has 0 aromatic heterocycles. The third kappa shape index (κ3) is 2.58. The molecule has 1 unspecified atom stereocenters. The zero-order chi connectivity index (χ0) is 11.6. The molecule has 0 radical (unpaired) electrons. The molecule has 0 aliphatic heterocycles. The highest BCUT2D eigenvalue weighted by atomic mass is 79.9. The fourth-order valence-electron chi connectivity index (χ4n) is 2.00. The molecule has 1 aromatic rings. The lowest BCUT2D eigenvalue weighted by molar-refractivity contribution is 0.602. The van der Waals surface area contributed by atoms with Crippen molar-refractivity contribution in [3.63, 3.8) is 0 Å². The molecule has 0 fully saturated rings. The molecule has 0 amide bonds. The van der Waals surface area contributed by atoms with Gasteiger partial charge in [0.1, 0.15) is 5.82 Å². The number of halogens is 2. The van der Waals surface area contributed by atoms with Crippen molar-refractivity contribution in [2.45, 2.75) is 33.1 Å². The molecule has 0 aliphatic carbocycles. The van der Waals surface area contributed by atoms with Crippen LogP contribution in [0.2, 0.25) is 0 Å². The maximum atomic E-state index is 13.6. The number of hydrogen-bond acceptors (Lipinski definition) is 1. The smallest absolute Gasteiger partial charge is 0.127 e. The highest BCUT2D eigenvalue weighted by Gasteiger charge is 2.16. The molecule has 84 valence electrons. The normalized spacial score (nSPS) is 12.9. The fourth-order valence-corrected chi connectivity index (χ4v) is 2.41. The lowest BCUT2D eigenvalue weighted by Crippen LogP contribution is -2.08. The predicted octanol–water partition coefficient (Wildman–Crippen LogP) is 3.66. The maximum absolute atomic E-state index is 13.6. The quantitative estimate of drug-likeness (QED) is 0.894. The van der Waals surface area contributed by atoms with Crippen molar-refractivity contribution in [3.05, 3.63) is 33.0 Å². The highest BCUT2D eigenvalue weighted by molar-refractivity contribution is 9.10. The van der Waals surface area contributed by atoms with E-state index in [-0.39, 0.29) is 5.82 Å². The number of benzene rings is 1. The summed E-state index contributed by atoms with van der Waals surface area (Å²) in [5.74, 6) is 0.161. The molecule has 3 heteroatoms. The first-order chi connectivity index (χ1) is 6.99. The third-order valence-electron chi connectivity index (χ3n) is 2.87. The Hall–Kier alpha value is -0.410.